The number of hydrogen-bond acceptors (Lipinski definition) is 5. The fraction of sp³-hybridized carbons (Fsp3) is 0.533. The number of nitrogens with zero attached hydrogens (tertiary/aromatic N) is 5. The minimum atomic E-state index is -0.330. The van der Waals surface area contributed by atoms with E-state index in [9.17, 15) is 9.90 Å². The first-order chi connectivity index (χ1) is 10.6. The molecule has 0 aliphatic carbocycles. The van der Waals surface area contributed by atoms with Gasteiger partial charge in [-0.25, -0.2) is 4.68 Å². The molecule has 1 amide bonds. The fourth-order valence-corrected chi connectivity index (χ4v) is 2.82. The minimum Gasteiger partial charge on any atom is -0.392 e. The highest BCUT2D eigenvalue weighted by molar-refractivity contribution is 5.79. The summed E-state index contributed by atoms with van der Waals surface area (Å²) in [7, 11) is 0. The second-order valence-electron chi connectivity index (χ2n) is 5.77. The number of carbonyl (C=O) groups excluding carboxylic acids is 1. The van der Waals surface area contributed by atoms with Crippen LogP contribution in [-0.2, 0) is 11.3 Å². The molecule has 1 aliphatic rings. The molecule has 22 heavy (non-hydrogen) atoms. The Kier molecular flexibility index (Phi) is 4.35. The minimum absolute atomic E-state index is 0.0624. The summed E-state index contributed by atoms with van der Waals surface area (Å²) >= 11 is 0. The molecule has 1 N–H and O–H groups in total. The normalized spacial score (nSPS) is 17.8. The lowest BCUT2D eigenvalue weighted by Gasteiger charge is -2.35. The SMILES string of the molecule is CC(O)CN1CCN(C(=O)Cn2nnc3ccccc32)CC1. The van der Waals surface area contributed by atoms with Crippen molar-refractivity contribution < 1.29 is 9.90 Å². The molecular weight excluding hydrogens is 282 g/mol. The van der Waals surface area contributed by atoms with Gasteiger partial charge in [-0.1, -0.05) is 17.3 Å². The number of carbonyl (C=O) groups is 1. The largest absolute Gasteiger partial charge is 0.392 e. The van der Waals surface area contributed by atoms with Gasteiger partial charge in [-0.3, -0.25) is 9.69 Å². The maximum atomic E-state index is 12.4. The third-order valence-corrected chi connectivity index (χ3v) is 3.95. The van der Waals surface area contributed by atoms with E-state index in [1.807, 2.05) is 29.2 Å². The topological polar surface area (TPSA) is 74.5 Å². The number of aromatic nitrogens is 3. The highest BCUT2D eigenvalue weighted by Crippen LogP contribution is 2.11. The van der Waals surface area contributed by atoms with Crippen LogP contribution in [0.15, 0.2) is 24.3 Å². The highest BCUT2D eigenvalue weighted by atomic mass is 16.3. The predicted molar refractivity (Wildman–Crippen MR) is 82.2 cm³/mol. The van der Waals surface area contributed by atoms with E-state index in [1.54, 1.807) is 11.6 Å². The lowest BCUT2D eigenvalue weighted by atomic mass is 10.2. The van der Waals surface area contributed by atoms with E-state index in [0.29, 0.717) is 19.6 Å². The Morgan fingerprint density at radius 1 is 1.27 bits per heavy atom. The first-order valence-electron chi connectivity index (χ1n) is 7.60. The van der Waals surface area contributed by atoms with E-state index in [-0.39, 0.29) is 18.6 Å². The van der Waals surface area contributed by atoms with Crippen molar-refractivity contribution in [3.05, 3.63) is 24.3 Å². The molecule has 2 aromatic rings. The van der Waals surface area contributed by atoms with Gasteiger partial charge in [0.1, 0.15) is 12.1 Å². The Balaban J connectivity index is 1.59. The van der Waals surface area contributed by atoms with Gasteiger partial charge >= 0.3 is 0 Å². The van der Waals surface area contributed by atoms with Gasteiger partial charge < -0.3 is 10.0 Å². The number of aliphatic hydroxyl groups is 1. The Morgan fingerprint density at radius 2 is 2.00 bits per heavy atom. The Morgan fingerprint density at radius 3 is 2.73 bits per heavy atom. The predicted octanol–water partition coefficient (Wildman–Crippen LogP) is -0.0437. The van der Waals surface area contributed by atoms with Crippen LogP contribution in [0.4, 0.5) is 0 Å². The van der Waals surface area contributed by atoms with E-state index in [2.05, 4.69) is 15.2 Å². The monoisotopic (exact) mass is 303 g/mol. The second-order valence-corrected chi connectivity index (χ2v) is 5.77. The van der Waals surface area contributed by atoms with Gasteiger partial charge in [0.05, 0.1) is 11.6 Å². The van der Waals surface area contributed by atoms with Gasteiger partial charge in [0, 0.05) is 32.7 Å². The summed E-state index contributed by atoms with van der Waals surface area (Å²) in [5.74, 6) is 0.0624. The van der Waals surface area contributed by atoms with Crippen LogP contribution in [0.5, 0.6) is 0 Å². The number of rotatable bonds is 4. The average molecular weight is 303 g/mol. The fourth-order valence-electron chi connectivity index (χ4n) is 2.82. The maximum Gasteiger partial charge on any atom is 0.244 e. The van der Waals surface area contributed by atoms with E-state index in [1.165, 1.54) is 0 Å². The zero-order valence-electron chi connectivity index (χ0n) is 12.7. The van der Waals surface area contributed by atoms with Crippen LogP contribution >= 0.6 is 0 Å². The van der Waals surface area contributed by atoms with Gasteiger partial charge in [0.25, 0.3) is 0 Å². The Bertz CT molecular complexity index is 646. The highest BCUT2D eigenvalue weighted by Gasteiger charge is 2.22. The van der Waals surface area contributed by atoms with Crippen LogP contribution < -0.4 is 0 Å². The van der Waals surface area contributed by atoms with E-state index >= 15 is 0 Å². The van der Waals surface area contributed by atoms with Crippen LogP contribution in [0.3, 0.4) is 0 Å². The third-order valence-electron chi connectivity index (χ3n) is 3.95. The van der Waals surface area contributed by atoms with Crippen LogP contribution in [0.2, 0.25) is 0 Å². The zero-order chi connectivity index (χ0) is 15.5. The smallest absolute Gasteiger partial charge is 0.244 e. The van der Waals surface area contributed by atoms with Gasteiger partial charge in [-0.15, -0.1) is 5.10 Å². The number of β-amino-alcohol motifs (C(OH)–C–C–N with tert-alkyl or cyclic N) is 1. The molecule has 1 fully saturated rings. The number of amides is 1. The zero-order valence-corrected chi connectivity index (χ0v) is 12.7. The van der Waals surface area contributed by atoms with Gasteiger partial charge in [0.15, 0.2) is 0 Å². The average Bonchev–Trinajstić information content (AvgIpc) is 2.91. The summed E-state index contributed by atoms with van der Waals surface area (Å²) in [6.45, 7) is 5.65. The van der Waals surface area contributed by atoms with Gasteiger partial charge in [0.2, 0.25) is 5.91 Å². The molecule has 0 spiro atoms. The van der Waals surface area contributed by atoms with Crippen molar-refractivity contribution in [2.45, 2.75) is 19.6 Å². The number of fused-ring (bicyclic) bond motifs is 1. The second kappa shape index (κ2) is 6.41. The van der Waals surface area contributed by atoms with Crippen molar-refractivity contribution in [1.82, 2.24) is 24.8 Å². The number of para-hydroxylation sites is 1. The molecule has 1 atom stereocenters. The van der Waals surface area contributed by atoms with E-state index < -0.39 is 0 Å². The van der Waals surface area contributed by atoms with Crippen LogP contribution in [0.1, 0.15) is 6.92 Å². The third kappa shape index (κ3) is 3.26. The van der Waals surface area contributed by atoms with Crippen molar-refractivity contribution in [2.75, 3.05) is 32.7 Å². The molecule has 1 saturated heterocycles. The molecule has 1 aromatic carbocycles. The van der Waals surface area contributed by atoms with E-state index in [4.69, 9.17) is 0 Å². The summed E-state index contributed by atoms with van der Waals surface area (Å²) in [5.41, 5.74) is 1.68. The quantitative estimate of drug-likeness (QED) is 0.857. The molecule has 0 saturated carbocycles. The summed E-state index contributed by atoms with van der Waals surface area (Å²) in [6, 6.07) is 7.63. The molecule has 0 radical (unpaired) electrons. The molecule has 0 bridgehead atoms. The number of hydrogen-bond donors (Lipinski definition) is 1. The summed E-state index contributed by atoms with van der Waals surface area (Å²) in [6.07, 6.45) is -0.330. The summed E-state index contributed by atoms with van der Waals surface area (Å²) < 4.78 is 1.65. The lowest BCUT2D eigenvalue weighted by Crippen LogP contribution is -2.50. The molecule has 1 unspecified atom stereocenters. The van der Waals surface area contributed by atoms with Crippen LogP contribution in [0.25, 0.3) is 11.0 Å². The Labute approximate surface area is 129 Å². The molecule has 118 valence electrons. The van der Waals surface area contributed by atoms with Crippen molar-refractivity contribution >= 4 is 16.9 Å². The molecule has 2 heterocycles. The molecule has 1 aromatic heterocycles. The molecule has 3 rings (SSSR count). The maximum absolute atomic E-state index is 12.4. The van der Waals surface area contributed by atoms with Crippen molar-refractivity contribution in [1.29, 1.82) is 0 Å². The van der Waals surface area contributed by atoms with Crippen molar-refractivity contribution in [3.63, 3.8) is 0 Å². The lowest BCUT2D eigenvalue weighted by molar-refractivity contribution is -0.133. The van der Waals surface area contributed by atoms with Gasteiger partial charge in [-0.2, -0.15) is 0 Å². The van der Waals surface area contributed by atoms with Crippen LogP contribution in [0, 0.1) is 0 Å². The molecule has 7 heteroatoms. The summed E-state index contributed by atoms with van der Waals surface area (Å²) in [4.78, 5) is 16.4. The molecule has 7 nitrogen and oxygen atoms in total. The van der Waals surface area contributed by atoms with Gasteiger partial charge in [-0.05, 0) is 19.1 Å². The first-order valence-corrected chi connectivity index (χ1v) is 7.60. The van der Waals surface area contributed by atoms with Crippen molar-refractivity contribution in [3.8, 4) is 0 Å². The molecular formula is C15H21N5O2. The first kappa shape index (κ1) is 14.9. The van der Waals surface area contributed by atoms with E-state index in [0.717, 1.165) is 24.1 Å². The van der Waals surface area contributed by atoms with Crippen LogP contribution in [-0.4, -0.2) is 74.6 Å². The molecule has 1 aliphatic heterocycles. The number of aliphatic hydroxyl groups excluding tert-OH is 1. The Hall–Kier alpha value is -1.99. The summed E-state index contributed by atoms with van der Waals surface area (Å²) in [5, 5.41) is 17.5. The number of benzene rings is 1. The standard InChI is InChI=1S/C15H21N5O2/c1-12(21)10-18-6-8-19(9-7-18)15(22)11-20-14-5-3-2-4-13(14)16-17-20/h2-5,12,21H,6-11H2,1H3. The number of piperazine rings is 1. The van der Waals surface area contributed by atoms with Crippen molar-refractivity contribution in [2.24, 2.45) is 0 Å².